The van der Waals surface area contributed by atoms with E-state index in [1.807, 2.05) is 43.3 Å². The van der Waals surface area contributed by atoms with Crippen molar-refractivity contribution in [2.45, 2.75) is 13.8 Å². The number of carbonyl (C=O) groups excluding carboxylic acids is 4. The molecule has 0 atom stereocenters. The largest absolute Gasteiger partial charge is 0.422 e. The fourth-order valence-corrected chi connectivity index (χ4v) is 9.10. The molecule has 4 aliphatic heterocycles. The Kier molecular flexibility index (Phi) is 5.36. The molecule has 2 aromatic heterocycles. The first-order chi connectivity index (χ1) is 22.1. The zero-order chi connectivity index (χ0) is 31.8. The van der Waals surface area contributed by atoms with Gasteiger partial charge in [-0.15, -0.1) is 22.7 Å². The van der Waals surface area contributed by atoms with Crippen LogP contribution in [0, 0.1) is 13.8 Å². The maximum Gasteiger partial charge on any atom is 0.345 e. The fraction of sp³-hybridized carbons (Fsp3) is 0.111. The van der Waals surface area contributed by atoms with Crippen LogP contribution in [-0.2, 0) is 19.2 Å². The number of hydrogen-bond acceptors (Lipinski definition) is 8. The standard InChI is InChI=1S/C36H22N2O6S2/c1-15-5-7-18-22(9-15)37(3)33(39)29(18)31-20-12-25-21(13-24(20)43-35(31)41)32(36(42)44-25)30-19-8-6-17(11-23(19)38(4)34(30)40)26-14-28-27(46-26)10-16(2)45-28/h5-14H,1-4H3/b31-29+,32-30+. The molecule has 6 heterocycles. The van der Waals surface area contributed by atoms with Gasteiger partial charge in [0.25, 0.3) is 11.8 Å². The molecule has 3 aromatic carbocycles. The molecule has 0 N–H and O–H groups in total. The molecule has 0 unspecified atom stereocenters. The van der Waals surface area contributed by atoms with Crippen molar-refractivity contribution in [1.29, 1.82) is 0 Å². The molecule has 0 saturated carbocycles. The summed E-state index contributed by atoms with van der Waals surface area (Å²) in [6.45, 7) is 4.03. The van der Waals surface area contributed by atoms with Crippen LogP contribution >= 0.6 is 22.7 Å². The predicted octanol–water partition coefficient (Wildman–Crippen LogP) is 6.86. The summed E-state index contributed by atoms with van der Waals surface area (Å²) < 4.78 is 13.9. The van der Waals surface area contributed by atoms with E-state index in [0.717, 1.165) is 16.0 Å². The zero-order valence-electron chi connectivity index (χ0n) is 24.9. The highest BCUT2D eigenvalue weighted by atomic mass is 32.1. The van der Waals surface area contributed by atoms with Gasteiger partial charge in [-0.1, -0.05) is 24.3 Å². The lowest BCUT2D eigenvalue weighted by Crippen LogP contribution is -2.21. The molecule has 46 heavy (non-hydrogen) atoms. The number of thiophene rings is 2. The Hall–Kier alpha value is -5.32. The lowest BCUT2D eigenvalue weighted by Gasteiger charge is -2.10. The van der Waals surface area contributed by atoms with Gasteiger partial charge in [0, 0.05) is 55.5 Å². The van der Waals surface area contributed by atoms with E-state index < -0.39 is 11.9 Å². The van der Waals surface area contributed by atoms with Crippen molar-refractivity contribution in [3.05, 3.63) is 93.4 Å². The summed E-state index contributed by atoms with van der Waals surface area (Å²) in [7, 11) is 3.35. The third kappa shape index (κ3) is 3.53. The Bertz CT molecular complexity index is 2380. The minimum atomic E-state index is -0.667. The second-order valence-corrected chi connectivity index (χ2v) is 14.2. The number of likely N-dealkylation sites (N-methyl/N-ethyl adjacent to an activating group) is 2. The van der Waals surface area contributed by atoms with E-state index in [0.29, 0.717) is 33.6 Å². The molecule has 0 fully saturated rings. The van der Waals surface area contributed by atoms with Crippen LogP contribution in [0.3, 0.4) is 0 Å². The van der Waals surface area contributed by atoms with Crippen LogP contribution in [0.25, 0.3) is 42.1 Å². The molecule has 5 aromatic rings. The van der Waals surface area contributed by atoms with Crippen LogP contribution in [0.1, 0.15) is 32.7 Å². The number of ether oxygens (including phenoxy) is 2. The summed E-state index contributed by atoms with van der Waals surface area (Å²) in [6, 6.07) is 18.9. The molecule has 0 bridgehead atoms. The summed E-state index contributed by atoms with van der Waals surface area (Å²) in [5.74, 6) is -1.60. The summed E-state index contributed by atoms with van der Waals surface area (Å²) in [4.78, 5) is 59.3. The molecule has 0 saturated heterocycles. The molecule has 0 spiro atoms. The van der Waals surface area contributed by atoms with E-state index in [1.165, 1.54) is 19.2 Å². The normalized spacial score (nSPS) is 19.7. The number of fused-ring (bicyclic) bond motifs is 5. The van der Waals surface area contributed by atoms with Crippen LogP contribution in [0.4, 0.5) is 11.4 Å². The van der Waals surface area contributed by atoms with Crippen LogP contribution in [-0.4, -0.2) is 37.8 Å². The Morgan fingerprint density at radius 1 is 0.565 bits per heavy atom. The number of benzene rings is 3. The number of rotatable bonds is 1. The average molecular weight is 643 g/mol. The van der Waals surface area contributed by atoms with Crippen LogP contribution in [0.2, 0.25) is 0 Å². The van der Waals surface area contributed by atoms with E-state index in [9.17, 15) is 19.2 Å². The molecule has 8 nitrogen and oxygen atoms in total. The first kappa shape index (κ1) is 27.0. The molecule has 0 radical (unpaired) electrons. The van der Waals surface area contributed by atoms with Crippen LogP contribution < -0.4 is 19.3 Å². The average Bonchev–Trinajstić information content (AvgIpc) is 3.82. The molecule has 9 rings (SSSR count). The molecular weight excluding hydrogens is 621 g/mol. The summed E-state index contributed by atoms with van der Waals surface area (Å²) in [6.07, 6.45) is 0. The highest BCUT2D eigenvalue weighted by molar-refractivity contribution is 7.29. The Morgan fingerprint density at radius 3 is 1.70 bits per heavy atom. The van der Waals surface area contributed by atoms with Gasteiger partial charge in [-0.2, -0.15) is 0 Å². The third-order valence-electron chi connectivity index (χ3n) is 9.00. The molecule has 224 valence electrons. The van der Waals surface area contributed by atoms with Crippen molar-refractivity contribution in [3.8, 4) is 21.9 Å². The molecule has 4 aliphatic rings. The van der Waals surface area contributed by atoms with Crippen molar-refractivity contribution in [2.75, 3.05) is 23.9 Å². The van der Waals surface area contributed by atoms with Crippen LogP contribution in [0.5, 0.6) is 11.5 Å². The predicted molar refractivity (Wildman–Crippen MR) is 179 cm³/mol. The van der Waals surface area contributed by atoms with Crippen LogP contribution in [0.15, 0.2) is 60.7 Å². The maximum atomic E-state index is 13.7. The van der Waals surface area contributed by atoms with Gasteiger partial charge in [0.1, 0.15) is 11.5 Å². The monoisotopic (exact) mass is 642 g/mol. The number of hydrogen-bond donors (Lipinski definition) is 0. The molecular formula is C36H22N2O6S2. The zero-order valence-corrected chi connectivity index (χ0v) is 26.6. The topological polar surface area (TPSA) is 93.2 Å². The third-order valence-corrected chi connectivity index (χ3v) is 11.3. The number of esters is 2. The van der Waals surface area contributed by atoms with Gasteiger partial charge < -0.3 is 19.3 Å². The minimum Gasteiger partial charge on any atom is -0.422 e. The van der Waals surface area contributed by atoms with Gasteiger partial charge in [-0.3, -0.25) is 9.59 Å². The van der Waals surface area contributed by atoms with Gasteiger partial charge in [-0.25, -0.2) is 9.59 Å². The van der Waals surface area contributed by atoms with Gasteiger partial charge in [0.05, 0.1) is 33.7 Å². The van der Waals surface area contributed by atoms with E-state index >= 15 is 0 Å². The lowest BCUT2D eigenvalue weighted by atomic mass is 9.92. The number of amides is 2. The first-order valence-corrected chi connectivity index (χ1v) is 16.2. The van der Waals surface area contributed by atoms with Crippen molar-refractivity contribution >= 4 is 89.5 Å². The van der Waals surface area contributed by atoms with Crippen molar-refractivity contribution < 1.29 is 28.7 Å². The number of nitrogens with zero attached hydrogens (tertiary/aromatic N) is 2. The van der Waals surface area contributed by atoms with Gasteiger partial charge in [0.15, 0.2) is 0 Å². The summed E-state index contributed by atoms with van der Waals surface area (Å²) >= 11 is 3.46. The van der Waals surface area contributed by atoms with E-state index in [2.05, 4.69) is 19.1 Å². The molecule has 2 amide bonds. The molecule has 10 heteroatoms. The Balaban J connectivity index is 1.18. The SMILES string of the molecule is Cc1ccc2c(c1)N(C)C(=O)/C2=C1/C(=O)Oc2cc3c(cc21)OC(=O)/C3=C1/C(=O)N(C)c2cc(-c3cc4sc(C)cc4s3)ccc21. The highest BCUT2D eigenvalue weighted by Crippen LogP contribution is 2.52. The first-order valence-electron chi connectivity index (χ1n) is 14.5. The number of anilines is 2. The highest BCUT2D eigenvalue weighted by Gasteiger charge is 2.44. The van der Waals surface area contributed by atoms with Gasteiger partial charge in [0.2, 0.25) is 0 Å². The Morgan fingerprint density at radius 2 is 1.11 bits per heavy atom. The number of carbonyl (C=O) groups is 4. The van der Waals surface area contributed by atoms with Crippen molar-refractivity contribution in [1.82, 2.24) is 0 Å². The summed E-state index contributed by atoms with van der Waals surface area (Å²) in [5.41, 5.74) is 6.03. The van der Waals surface area contributed by atoms with E-state index in [-0.39, 0.29) is 45.6 Å². The quantitative estimate of drug-likeness (QED) is 0.113. The second-order valence-electron chi connectivity index (χ2n) is 11.8. The van der Waals surface area contributed by atoms with Crippen molar-refractivity contribution in [2.24, 2.45) is 0 Å². The lowest BCUT2D eigenvalue weighted by molar-refractivity contribution is -0.127. The Labute approximate surface area is 270 Å². The fourth-order valence-electron chi connectivity index (χ4n) is 6.79. The second kappa shape index (κ2) is 9.12. The van der Waals surface area contributed by atoms with E-state index in [1.54, 1.807) is 53.8 Å². The minimum absolute atomic E-state index is 0.114. The summed E-state index contributed by atoms with van der Waals surface area (Å²) in [5, 5.41) is 0. The van der Waals surface area contributed by atoms with Gasteiger partial charge >= 0.3 is 11.9 Å². The molecule has 0 aliphatic carbocycles. The van der Waals surface area contributed by atoms with E-state index in [4.69, 9.17) is 9.47 Å². The smallest absolute Gasteiger partial charge is 0.345 e. The maximum absolute atomic E-state index is 13.7. The van der Waals surface area contributed by atoms with Crippen molar-refractivity contribution in [3.63, 3.8) is 0 Å². The number of aryl methyl sites for hydroxylation is 2. The van der Waals surface area contributed by atoms with Gasteiger partial charge in [-0.05, 0) is 61.4 Å².